The number of amides is 1. The number of nitrogens with one attached hydrogen (secondary N) is 2. The summed E-state index contributed by atoms with van der Waals surface area (Å²) in [6.45, 7) is 5.05. The number of fused-ring (bicyclic) bond motifs is 1. The number of amidine groups is 1. The molecule has 1 amide bonds. The fourth-order valence-corrected chi connectivity index (χ4v) is 4.97. The average Bonchev–Trinajstić information content (AvgIpc) is 3.03. The van der Waals surface area contributed by atoms with Gasteiger partial charge in [0.1, 0.15) is 11.9 Å². The molecule has 0 bridgehead atoms. The van der Waals surface area contributed by atoms with E-state index in [1.807, 2.05) is 18.2 Å². The van der Waals surface area contributed by atoms with Gasteiger partial charge in [0.05, 0.1) is 17.6 Å². The molecule has 1 fully saturated rings. The highest BCUT2D eigenvalue weighted by Gasteiger charge is 2.31. The van der Waals surface area contributed by atoms with Gasteiger partial charge in [0.25, 0.3) is 10.0 Å². The van der Waals surface area contributed by atoms with Crippen molar-refractivity contribution < 1.29 is 17.9 Å². The molecule has 0 spiro atoms. The van der Waals surface area contributed by atoms with Crippen molar-refractivity contribution in [1.29, 1.82) is 0 Å². The van der Waals surface area contributed by atoms with Crippen LogP contribution < -0.4 is 10.0 Å². The molecule has 2 aliphatic heterocycles. The maximum Gasteiger partial charge on any atom is 0.263 e. The van der Waals surface area contributed by atoms with Crippen LogP contribution in [0.15, 0.2) is 64.5 Å². The predicted molar refractivity (Wildman–Crippen MR) is 117 cm³/mol. The highest BCUT2D eigenvalue weighted by molar-refractivity contribution is 7.90. The maximum atomic E-state index is 12.6. The lowest BCUT2D eigenvalue weighted by Gasteiger charge is -2.33. The van der Waals surface area contributed by atoms with Crippen molar-refractivity contribution in [1.82, 2.24) is 14.9 Å². The van der Waals surface area contributed by atoms with Gasteiger partial charge in [0, 0.05) is 31.7 Å². The molecule has 0 saturated carbocycles. The molecule has 2 N–H and O–H groups in total. The van der Waals surface area contributed by atoms with Crippen molar-refractivity contribution in [2.24, 2.45) is 4.99 Å². The first-order chi connectivity index (χ1) is 14.9. The molecule has 0 radical (unpaired) electrons. The molecular weight excluding hydrogens is 416 g/mol. The lowest BCUT2D eigenvalue weighted by Crippen LogP contribution is -2.48. The zero-order valence-electron chi connectivity index (χ0n) is 17.3. The number of carbonyl (C=O) groups is 1. The van der Waals surface area contributed by atoms with E-state index < -0.39 is 16.1 Å². The van der Waals surface area contributed by atoms with Crippen molar-refractivity contribution in [3.8, 4) is 0 Å². The lowest BCUT2D eigenvalue weighted by atomic mass is 10.2. The molecule has 2 aromatic carbocycles. The van der Waals surface area contributed by atoms with Crippen molar-refractivity contribution in [2.75, 3.05) is 26.2 Å². The van der Waals surface area contributed by atoms with E-state index in [1.54, 1.807) is 25.1 Å². The first kappa shape index (κ1) is 21.5. The Morgan fingerprint density at radius 2 is 1.97 bits per heavy atom. The number of hydrogen-bond donors (Lipinski definition) is 2. The molecule has 2 heterocycles. The summed E-state index contributed by atoms with van der Waals surface area (Å²) in [4.78, 5) is 19.4. The van der Waals surface area contributed by atoms with E-state index in [9.17, 15) is 13.2 Å². The molecule has 2 aliphatic rings. The minimum atomic E-state index is -3.63. The van der Waals surface area contributed by atoms with Gasteiger partial charge in [-0.1, -0.05) is 42.5 Å². The summed E-state index contributed by atoms with van der Waals surface area (Å²) >= 11 is 0. The highest BCUT2D eigenvalue weighted by atomic mass is 32.2. The van der Waals surface area contributed by atoms with Crippen molar-refractivity contribution in [3.63, 3.8) is 0 Å². The number of carbonyl (C=O) groups excluding carboxylic acids is 1. The molecule has 31 heavy (non-hydrogen) atoms. The van der Waals surface area contributed by atoms with Crippen LogP contribution in [-0.2, 0) is 26.1 Å². The summed E-state index contributed by atoms with van der Waals surface area (Å²) in [5.74, 6) is -0.0823. The SMILES string of the molecule is C[C@H](N=C1NS(=O)(=O)c2ccccc21)C(=O)NCC1CN(Cc2ccccc2)CCO1. The van der Waals surface area contributed by atoms with Gasteiger partial charge in [-0.3, -0.25) is 19.4 Å². The maximum absolute atomic E-state index is 12.6. The smallest absolute Gasteiger partial charge is 0.263 e. The average molecular weight is 443 g/mol. The monoisotopic (exact) mass is 442 g/mol. The third kappa shape index (κ3) is 5.12. The van der Waals surface area contributed by atoms with Gasteiger partial charge >= 0.3 is 0 Å². The Morgan fingerprint density at radius 1 is 1.23 bits per heavy atom. The summed E-state index contributed by atoms with van der Waals surface area (Å²) in [6, 6.07) is 16.1. The van der Waals surface area contributed by atoms with E-state index >= 15 is 0 Å². The van der Waals surface area contributed by atoms with Crippen LogP contribution in [0.25, 0.3) is 0 Å². The number of aliphatic imine (C=N–C) groups is 1. The summed E-state index contributed by atoms with van der Waals surface area (Å²) in [6.07, 6.45) is -0.105. The van der Waals surface area contributed by atoms with Crippen LogP contribution in [0.3, 0.4) is 0 Å². The lowest BCUT2D eigenvalue weighted by molar-refractivity contribution is -0.123. The van der Waals surface area contributed by atoms with Crippen LogP contribution in [0.4, 0.5) is 0 Å². The highest BCUT2D eigenvalue weighted by Crippen LogP contribution is 2.22. The molecule has 164 valence electrons. The largest absolute Gasteiger partial charge is 0.374 e. The molecule has 8 nitrogen and oxygen atoms in total. The Kier molecular flexibility index (Phi) is 6.35. The van der Waals surface area contributed by atoms with Gasteiger partial charge in [-0.05, 0) is 24.6 Å². The molecule has 9 heteroatoms. The van der Waals surface area contributed by atoms with Crippen molar-refractivity contribution in [3.05, 3.63) is 65.7 Å². The Labute approximate surface area is 182 Å². The summed E-state index contributed by atoms with van der Waals surface area (Å²) in [5.41, 5.74) is 1.73. The Morgan fingerprint density at radius 3 is 2.77 bits per heavy atom. The van der Waals surface area contributed by atoms with Crippen LogP contribution >= 0.6 is 0 Å². The number of ether oxygens (including phenoxy) is 1. The fraction of sp³-hybridized carbons (Fsp3) is 0.364. The van der Waals surface area contributed by atoms with Crippen molar-refractivity contribution in [2.45, 2.75) is 30.5 Å². The second kappa shape index (κ2) is 9.17. The van der Waals surface area contributed by atoms with E-state index in [0.29, 0.717) is 18.7 Å². The number of hydrogen-bond acceptors (Lipinski definition) is 6. The van der Waals surface area contributed by atoms with E-state index in [1.165, 1.54) is 11.6 Å². The molecule has 2 atom stereocenters. The van der Waals surface area contributed by atoms with Gasteiger partial charge in [-0.25, -0.2) is 8.42 Å². The standard InChI is InChI=1S/C22H26N4O4S/c1-16(24-21-19-9-5-6-10-20(19)31(28,29)25-21)22(27)23-13-18-15-26(11-12-30-18)14-17-7-3-2-4-8-17/h2-10,16,18H,11-15H2,1H3,(H,23,27)(H,24,25)/t16-,18?/m0/s1. The third-order valence-electron chi connectivity index (χ3n) is 5.34. The second-order valence-corrected chi connectivity index (χ2v) is 9.36. The van der Waals surface area contributed by atoms with Crippen LogP contribution in [0, 0.1) is 0 Å². The summed E-state index contributed by atoms with van der Waals surface area (Å²) < 4.78 is 32.6. The zero-order valence-corrected chi connectivity index (χ0v) is 18.1. The number of rotatable bonds is 6. The van der Waals surface area contributed by atoms with Gasteiger partial charge in [0.2, 0.25) is 5.91 Å². The van der Waals surface area contributed by atoms with E-state index in [4.69, 9.17) is 4.74 Å². The molecular formula is C22H26N4O4S. The van der Waals surface area contributed by atoms with Crippen molar-refractivity contribution >= 4 is 21.8 Å². The Bertz CT molecular complexity index is 1070. The molecule has 4 rings (SSSR count). The first-order valence-electron chi connectivity index (χ1n) is 10.3. The normalized spacial score (nSPS) is 22.5. The van der Waals surface area contributed by atoms with E-state index in [-0.39, 0.29) is 22.7 Å². The van der Waals surface area contributed by atoms with Gasteiger partial charge in [-0.15, -0.1) is 0 Å². The second-order valence-electron chi connectivity index (χ2n) is 7.71. The molecule has 1 saturated heterocycles. The molecule has 0 aliphatic carbocycles. The van der Waals surface area contributed by atoms with Gasteiger partial charge < -0.3 is 10.1 Å². The predicted octanol–water partition coefficient (Wildman–Crippen LogP) is 1.13. The minimum absolute atomic E-state index is 0.105. The quantitative estimate of drug-likeness (QED) is 0.699. The zero-order chi connectivity index (χ0) is 21.8. The number of benzene rings is 2. The number of morpholine rings is 1. The van der Waals surface area contributed by atoms with Crippen LogP contribution in [0.1, 0.15) is 18.1 Å². The molecule has 0 aromatic heterocycles. The van der Waals surface area contributed by atoms with Crippen LogP contribution in [0.5, 0.6) is 0 Å². The van der Waals surface area contributed by atoms with Crippen LogP contribution in [-0.4, -0.2) is 63.4 Å². The number of nitrogens with zero attached hydrogens (tertiary/aromatic N) is 2. The minimum Gasteiger partial charge on any atom is -0.374 e. The van der Waals surface area contributed by atoms with Gasteiger partial charge in [-0.2, -0.15) is 0 Å². The number of sulfonamides is 1. The van der Waals surface area contributed by atoms with Gasteiger partial charge in [0.15, 0.2) is 0 Å². The summed E-state index contributed by atoms with van der Waals surface area (Å²) in [7, 11) is -3.63. The third-order valence-corrected chi connectivity index (χ3v) is 6.74. The molecule has 2 aromatic rings. The van der Waals surface area contributed by atoms with E-state index in [0.717, 1.165) is 19.6 Å². The first-order valence-corrected chi connectivity index (χ1v) is 11.8. The fourth-order valence-electron chi connectivity index (χ4n) is 3.73. The molecule has 1 unspecified atom stereocenters. The Hall–Kier alpha value is -2.75. The Balaban J connectivity index is 1.32. The van der Waals surface area contributed by atoms with E-state index in [2.05, 4.69) is 32.1 Å². The van der Waals surface area contributed by atoms with Crippen LogP contribution in [0.2, 0.25) is 0 Å². The topological polar surface area (TPSA) is 100 Å². The summed E-state index contributed by atoms with van der Waals surface area (Å²) in [5, 5.41) is 2.88.